The molecule has 1 atom stereocenters. The van der Waals surface area contributed by atoms with Crippen molar-refractivity contribution in [2.45, 2.75) is 99.5 Å². The minimum atomic E-state index is -3.60. The van der Waals surface area contributed by atoms with Crippen molar-refractivity contribution in [2.75, 3.05) is 43.0 Å². The average Bonchev–Trinajstić information content (AvgIpc) is 3.87. The van der Waals surface area contributed by atoms with E-state index in [1.165, 1.54) is 16.2 Å². The maximum Gasteiger partial charge on any atom is 0.329 e. The number of likely N-dealkylation sites (tertiary alicyclic amines) is 1. The molecule has 10 rings (SSSR count). The van der Waals surface area contributed by atoms with Gasteiger partial charge in [0.15, 0.2) is 15.7 Å². The molecule has 0 bridgehead atoms. The number of benzene rings is 2. The summed E-state index contributed by atoms with van der Waals surface area (Å²) < 4.78 is 53.8. The van der Waals surface area contributed by atoms with Gasteiger partial charge in [0.05, 0.1) is 27.5 Å². The van der Waals surface area contributed by atoms with E-state index < -0.39 is 44.5 Å². The number of carbonyl (C=O) groups excluding carboxylic acids is 3. The fourth-order valence-corrected chi connectivity index (χ4v) is 12.7. The highest BCUT2D eigenvalue weighted by Crippen LogP contribution is 2.53. The van der Waals surface area contributed by atoms with Crippen molar-refractivity contribution in [3.8, 4) is 0 Å². The van der Waals surface area contributed by atoms with Crippen LogP contribution in [0.1, 0.15) is 81.9 Å². The third kappa shape index (κ3) is 7.25. The Morgan fingerprint density at radius 2 is 1.73 bits per heavy atom. The van der Waals surface area contributed by atoms with Crippen molar-refractivity contribution in [3.63, 3.8) is 0 Å². The summed E-state index contributed by atoms with van der Waals surface area (Å²) in [6.45, 7) is 3.45. The number of sulfone groups is 1. The third-order valence-electron chi connectivity index (χ3n) is 14.4. The molecule has 0 radical (unpaired) electrons. The smallest absolute Gasteiger partial charge is 0.329 e. The molecule has 2 saturated carbocycles. The van der Waals surface area contributed by atoms with E-state index >= 15 is 4.39 Å². The van der Waals surface area contributed by atoms with Gasteiger partial charge in [0, 0.05) is 69.0 Å². The first-order valence-electron chi connectivity index (χ1n) is 22.1. The number of aryl methyl sites for hydroxylation is 2. The maximum absolute atomic E-state index is 15.9. The number of ether oxygens (including phenoxy) is 1. The molecule has 19 heteroatoms. The van der Waals surface area contributed by atoms with Crippen LogP contribution in [0.15, 0.2) is 63.1 Å². The molecule has 6 heterocycles. The van der Waals surface area contributed by atoms with E-state index in [0.717, 1.165) is 36.6 Å². The summed E-state index contributed by atoms with van der Waals surface area (Å²) in [5, 5.41) is 5.77. The fraction of sp³-hybridized carbons (Fsp3) is 0.489. The number of carbonyl (C=O) groups is 3. The second-order valence-electron chi connectivity index (χ2n) is 18.3. The molecule has 17 nitrogen and oxygen atoms in total. The van der Waals surface area contributed by atoms with Crippen LogP contribution < -0.4 is 26.8 Å². The van der Waals surface area contributed by atoms with Crippen molar-refractivity contribution in [2.24, 2.45) is 12.5 Å². The number of piperidine rings is 2. The zero-order valence-electron chi connectivity index (χ0n) is 35.7. The van der Waals surface area contributed by atoms with Gasteiger partial charge in [-0.3, -0.25) is 38.2 Å². The van der Waals surface area contributed by atoms with E-state index in [9.17, 15) is 32.4 Å². The normalized spacial score (nSPS) is 20.8. The number of rotatable bonds is 10. The lowest BCUT2D eigenvalue weighted by Gasteiger charge is -2.51. The number of anilines is 3. The van der Waals surface area contributed by atoms with Crippen LogP contribution in [-0.4, -0.2) is 98.8 Å². The van der Waals surface area contributed by atoms with E-state index in [0.29, 0.717) is 69.1 Å². The van der Waals surface area contributed by atoms with Crippen molar-refractivity contribution in [1.29, 1.82) is 0 Å². The molecule has 3 saturated heterocycles. The second kappa shape index (κ2) is 15.9. The molecule has 336 valence electrons. The number of fused-ring (bicyclic) bond motifs is 2. The average molecular weight is 896 g/mol. The van der Waals surface area contributed by atoms with Crippen LogP contribution in [0.25, 0.3) is 22.1 Å². The molecule has 5 aromatic rings. The molecular formula is C45H50FN9O8S. The quantitative estimate of drug-likeness (QED) is 0.190. The molecule has 5 aliphatic rings. The number of hydrogen-bond donors (Lipinski definition) is 2. The monoisotopic (exact) mass is 895 g/mol. The Labute approximate surface area is 367 Å². The summed E-state index contributed by atoms with van der Waals surface area (Å²) in [5.74, 6) is -1.42. The summed E-state index contributed by atoms with van der Waals surface area (Å²) in [7, 11) is -2.15. The van der Waals surface area contributed by atoms with Crippen molar-refractivity contribution in [1.82, 2.24) is 33.9 Å². The van der Waals surface area contributed by atoms with Gasteiger partial charge in [-0.05, 0) is 99.2 Å². The van der Waals surface area contributed by atoms with Crippen molar-refractivity contribution < 1.29 is 31.9 Å². The summed E-state index contributed by atoms with van der Waals surface area (Å²) in [6, 6.07) is 10.7. The Balaban J connectivity index is 0.704. The number of amides is 3. The number of hydrogen-bond acceptors (Lipinski definition) is 12. The summed E-state index contributed by atoms with van der Waals surface area (Å²) in [6.07, 6.45) is 8.15. The van der Waals surface area contributed by atoms with E-state index in [2.05, 4.69) is 15.6 Å². The lowest BCUT2D eigenvalue weighted by Crippen LogP contribution is -2.55. The largest absolute Gasteiger partial charge is 0.365 e. The number of nitrogens with zero attached hydrogens (tertiary/aromatic N) is 7. The van der Waals surface area contributed by atoms with Gasteiger partial charge in [0.25, 0.3) is 5.56 Å². The second-order valence-corrected chi connectivity index (χ2v) is 20.5. The van der Waals surface area contributed by atoms with E-state index in [1.807, 2.05) is 6.92 Å². The van der Waals surface area contributed by atoms with Crippen LogP contribution in [0.4, 0.5) is 21.7 Å². The molecule has 3 amide bonds. The number of nitrogens with one attached hydrogen (secondary N) is 2. The molecule has 2 N–H and O–H groups in total. The third-order valence-corrected chi connectivity index (χ3v) is 16.5. The van der Waals surface area contributed by atoms with Gasteiger partial charge in [-0.2, -0.15) is 4.98 Å². The maximum atomic E-state index is 15.9. The molecule has 3 aromatic heterocycles. The number of imidazole rings is 1. The Morgan fingerprint density at radius 3 is 2.45 bits per heavy atom. The minimum absolute atomic E-state index is 0.0601. The SMILES string of the molecule is Cc1cc(S(=O)(=O)C2CC3(CCN(C(=O)COC4CN(c5ccc6c(c5F)n(C)c(=O)n6C5CCC(=O)NC5=O)C4)CC3)C2)ccc1Nc1ncc2ccc(=O)n(C3CCCC3)c2n1. The minimum Gasteiger partial charge on any atom is -0.365 e. The highest BCUT2D eigenvalue weighted by atomic mass is 32.2. The molecule has 1 spiro atoms. The van der Waals surface area contributed by atoms with Gasteiger partial charge in [-0.25, -0.2) is 22.6 Å². The Bertz CT molecular complexity index is 2970. The van der Waals surface area contributed by atoms with Gasteiger partial charge < -0.3 is 19.9 Å². The standard InChI is InChI=1S/C45H50FN9O8S/c1-26-19-30(8-9-32(26)48-43-47-22-27-7-14-37(57)54(41(27)50-43)28-5-3-4-6-28)64(61,62)31-20-45(21-31)15-17-52(18-16-45)38(58)25-63-29-23-53(24-29)33-10-11-34-40(39(33)46)51(2)44(60)55(34)35-12-13-36(56)49-42(35)59/h7-11,14,19,22,28-29,31,35H,3-6,12-13,15-18,20-21,23-25H2,1-2H3,(H,47,48,50)(H,49,56,59). The van der Waals surface area contributed by atoms with Gasteiger partial charge in [0.1, 0.15) is 23.8 Å². The van der Waals surface area contributed by atoms with Crippen molar-refractivity contribution in [3.05, 3.63) is 80.9 Å². The van der Waals surface area contributed by atoms with Crippen LogP contribution in [-0.2, 0) is 36.0 Å². The topological polar surface area (TPSA) is 200 Å². The van der Waals surface area contributed by atoms with Crippen LogP contribution in [0.5, 0.6) is 0 Å². The molecule has 2 aliphatic carbocycles. The predicted molar refractivity (Wildman–Crippen MR) is 235 cm³/mol. The molecule has 64 heavy (non-hydrogen) atoms. The molecular weight excluding hydrogens is 846 g/mol. The zero-order valence-corrected chi connectivity index (χ0v) is 36.5. The van der Waals surface area contributed by atoms with Gasteiger partial charge in [0.2, 0.25) is 23.7 Å². The van der Waals surface area contributed by atoms with Gasteiger partial charge >= 0.3 is 5.69 Å². The summed E-state index contributed by atoms with van der Waals surface area (Å²) in [5.41, 5.74) is 1.82. The first kappa shape index (κ1) is 42.0. The highest BCUT2D eigenvalue weighted by Gasteiger charge is 2.51. The van der Waals surface area contributed by atoms with Gasteiger partial charge in [-0.1, -0.05) is 12.8 Å². The van der Waals surface area contributed by atoms with E-state index in [1.54, 1.807) is 63.0 Å². The number of halogens is 1. The van der Waals surface area contributed by atoms with Crippen LogP contribution in [0, 0.1) is 18.2 Å². The number of aromatic nitrogens is 5. The Hall–Kier alpha value is -5.95. The van der Waals surface area contributed by atoms with Gasteiger partial charge in [-0.15, -0.1) is 0 Å². The Morgan fingerprint density at radius 1 is 0.984 bits per heavy atom. The fourth-order valence-electron chi connectivity index (χ4n) is 10.6. The van der Waals surface area contributed by atoms with E-state index in [-0.39, 0.29) is 70.1 Å². The zero-order chi connectivity index (χ0) is 44.7. The lowest BCUT2D eigenvalue weighted by molar-refractivity contribution is -0.142. The highest BCUT2D eigenvalue weighted by molar-refractivity contribution is 7.92. The van der Waals surface area contributed by atoms with Crippen LogP contribution >= 0.6 is 0 Å². The van der Waals surface area contributed by atoms with Crippen molar-refractivity contribution >= 4 is 66.9 Å². The van der Waals surface area contributed by atoms with Crippen LogP contribution in [0.2, 0.25) is 0 Å². The van der Waals surface area contributed by atoms with Crippen LogP contribution in [0.3, 0.4) is 0 Å². The molecule has 5 fully saturated rings. The molecule has 3 aliphatic heterocycles. The van der Waals surface area contributed by atoms with E-state index in [4.69, 9.17) is 9.72 Å². The first-order chi connectivity index (χ1) is 30.7. The molecule has 1 unspecified atom stereocenters. The summed E-state index contributed by atoms with van der Waals surface area (Å²) >= 11 is 0. The Kier molecular flexibility index (Phi) is 10.5. The first-order valence-corrected chi connectivity index (χ1v) is 23.6. The predicted octanol–water partition coefficient (Wildman–Crippen LogP) is 4.18. The lowest BCUT2D eigenvalue weighted by atomic mass is 9.63. The number of pyridine rings is 1. The molecule has 2 aromatic carbocycles. The number of imide groups is 1. The summed E-state index contributed by atoms with van der Waals surface area (Å²) in [4.78, 5) is 76.4.